The van der Waals surface area contributed by atoms with Crippen LogP contribution in [-0.4, -0.2) is 24.1 Å². The number of aryl methyl sites for hydroxylation is 1. The van der Waals surface area contributed by atoms with Gasteiger partial charge in [-0.15, -0.1) is 11.3 Å². The smallest absolute Gasteiger partial charge is 0.338 e. The van der Waals surface area contributed by atoms with E-state index in [1.807, 2.05) is 42.5 Å². The third-order valence-corrected chi connectivity index (χ3v) is 5.13. The first-order chi connectivity index (χ1) is 13.6. The minimum atomic E-state index is -1.04. The molecule has 1 amide bonds. The third-order valence-electron chi connectivity index (χ3n) is 4.39. The van der Waals surface area contributed by atoms with Gasteiger partial charge in [0, 0.05) is 24.3 Å². The second kappa shape index (κ2) is 9.30. The Bertz CT molecular complexity index is 963. The van der Waals surface area contributed by atoms with E-state index in [2.05, 4.69) is 11.4 Å². The minimum absolute atomic E-state index is 0.123. The molecule has 1 heterocycles. The van der Waals surface area contributed by atoms with E-state index in [-0.39, 0.29) is 17.9 Å². The van der Waals surface area contributed by atoms with Crippen LogP contribution in [0.3, 0.4) is 0 Å². The average molecular weight is 395 g/mol. The van der Waals surface area contributed by atoms with Gasteiger partial charge in [-0.2, -0.15) is 0 Å². The molecule has 0 aliphatic rings. The molecule has 6 heteroatoms. The molecule has 0 atom stereocenters. The lowest BCUT2D eigenvalue weighted by Gasteiger charge is -2.10. The number of carboxylic acid groups (broad SMARTS) is 1. The molecule has 0 saturated carbocycles. The molecule has 0 radical (unpaired) electrons. The highest BCUT2D eigenvalue weighted by atomic mass is 32.1. The summed E-state index contributed by atoms with van der Waals surface area (Å²) in [4.78, 5) is 23.3. The number of benzene rings is 2. The summed E-state index contributed by atoms with van der Waals surface area (Å²) in [5.74, 6) is -1.24. The number of hydrogen-bond donors (Lipinski definition) is 2. The molecule has 2 N–H and O–H groups in total. The van der Waals surface area contributed by atoms with Gasteiger partial charge in [0.25, 0.3) is 0 Å². The summed E-state index contributed by atoms with van der Waals surface area (Å²) in [5.41, 5.74) is 4.89. The van der Waals surface area contributed by atoms with Crippen molar-refractivity contribution >= 4 is 28.9 Å². The molecule has 0 aliphatic carbocycles. The van der Waals surface area contributed by atoms with Gasteiger partial charge in [-0.05, 0) is 28.7 Å². The summed E-state index contributed by atoms with van der Waals surface area (Å²) in [6.45, 7) is 0.555. The quantitative estimate of drug-likeness (QED) is 0.573. The van der Waals surface area contributed by atoms with E-state index < -0.39 is 5.97 Å². The Kier molecular flexibility index (Phi) is 6.57. The van der Waals surface area contributed by atoms with Crippen LogP contribution in [0.2, 0.25) is 0 Å². The molecule has 1 aromatic heterocycles. The molecule has 3 rings (SSSR count). The first kappa shape index (κ1) is 19.8. The Morgan fingerprint density at radius 2 is 1.82 bits per heavy atom. The van der Waals surface area contributed by atoms with Crippen LogP contribution in [0.15, 0.2) is 59.3 Å². The van der Waals surface area contributed by atoms with E-state index in [1.165, 1.54) is 16.7 Å². The van der Waals surface area contributed by atoms with Crippen molar-refractivity contribution in [1.82, 2.24) is 0 Å². The fraction of sp³-hybridized carbons (Fsp3) is 0.182. The van der Waals surface area contributed by atoms with Crippen LogP contribution < -0.4 is 5.32 Å². The van der Waals surface area contributed by atoms with Gasteiger partial charge < -0.3 is 15.2 Å². The SMILES string of the molecule is COCc1ccccc1-c1ccc(CCC(=O)Nc2cscc2C(=O)O)cc1. The Balaban J connectivity index is 1.61. The van der Waals surface area contributed by atoms with Crippen LogP contribution >= 0.6 is 11.3 Å². The van der Waals surface area contributed by atoms with E-state index in [1.54, 1.807) is 12.5 Å². The molecule has 0 saturated heterocycles. The van der Waals surface area contributed by atoms with Gasteiger partial charge in [0.2, 0.25) is 5.91 Å². The van der Waals surface area contributed by atoms with Gasteiger partial charge in [0.05, 0.1) is 17.9 Å². The molecule has 0 bridgehead atoms. The number of rotatable bonds is 8. The van der Waals surface area contributed by atoms with Crippen molar-refractivity contribution in [1.29, 1.82) is 0 Å². The topological polar surface area (TPSA) is 75.6 Å². The van der Waals surface area contributed by atoms with E-state index in [0.29, 0.717) is 18.7 Å². The molecule has 0 fully saturated rings. The highest BCUT2D eigenvalue weighted by Gasteiger charge is 2.13. The molecule has 28 heavy (non-hydrogen) atoms. The maximum absolute atomic E-state index is 12.2. The minimum Gasteiger partial charge on any atom is -0.478 e. The number of aromatic carboxylic acids is 1. The second-order valence-electron chi connectivity index (χ2n) is 6.34. The molecule has 0 unspecified atom stereocenters. The van der Waals surface area contributed by atoms with E-state index >= 15 is 0 Å². The number of carbonyl (C=O) groups is 2. The first-order valence-electron chi connectivity index (χ1n) is 8.84. The van der Waals surface area contributed by atoms with Gasteiger partial charge in [-0.3, -0.25) is 4.79 Å². The van der Waals surface area contributed by atoms with Gasteiger partial charge in [0.15, 0.2) is 0 Å². The summed E-state index contributed by atoms with van der Waals surface area (Å²) in [6.07, 6.45) is 0.868. The maximum Gasteiger partial charge on any atom is 0.338 e. The van der Waals surface area contributed by atoms with Gasteiger partial charge >= 0.3 is 5.97 Å². The highest BCUT2D eigenvalue weighted by molar-refractivity contribution is 7.08. The van der Waals surface area contributed by atoms with Crippen LogP contribution in [0.5, 0.6) is 0 Å². The summed E-state index contributed by atoms with van der Waals surface area (Å²) in [5, 5.41) is 14.9. The number of nitrogens with one attached hydrogen (secondary N) is 1. The van der Waals surface area contributed by atoms with Crippen LogP contribution in [0.25, 0.3) is 11.1 Å². The van der Waals surface area contributed by atoms with Crippen molar-refractivity contribution in [2.75, 3.05) is 12.4 Å². The molecular weight excluding hydrogens is 374 g/mol. The summed E-state index contributed by atoms with van der Waals surface area (Å²) in [6, 6.07) is 16.2. The van der Waals surface area contributed by atoms with E-state index in [0.717, 1.165) is 22.3 Å². The number of anilines is 1. The lowest BCUT2D eigenvalue weighted by Crippen LogP contribution is -2.14. The van der Waals surface area contributed by atoms with E-state index in [9.17, 15) is 9.59 Å². The zero-order chi connectivity index (χ0) is 19.9. The predicted molar refractivity (Wildman–Crippen MR) is 111 cm³/mol. The molecular formula is C22H21NO4S. The number of thiophene rings is 1. The summed E-state index contributed by atoms with van der Waals surface area (Å²) < 4.78 is 5.26. The number of methoxy groups -OCH3 is 1. The molecule has 144 valence electrons. The van der Waals surface area contributed by atoms with Crippen molar-refractivity contribution in [3.63, 3.8) is 0 Å². The maximum atomic E-state index is 12.2. The van der Waals surface area contributed by atoms with Gasteiger partial charge in [-0.1, -0.05) is 48.5 Å². The summed E-state index contributed by atoms with van der Waals surface area (Å²) >= 11 is 1.25. The Morgan fingerprint density at radius 3 is 2.54 bits per heavy atom. The number of hydrogen-bond acceptors (Lipinski definition) is 4. The average Bonchev–Trinajstić information content (AvgIpc) is 3.16. The Morgan fingerprint density at radius 1 is 1.07 bits per heavy atom. The largest absolute Gasteiger partial charge is 0.478 e. The van der Waals surface area contributed by atoms with Crippen molar-refractivity contribution < 1.29 is 19.4 Å². The fourth-order valence-electron chi connectivity index (χ4n) is 2.96. The van der Waals surface area contributed by atoms with Gasteiger partial charge in [0.1, 0.15) is 0 Å². The molecule has 2 aromatic carbocycles. The monoisotopic (exact) mass is 395 g/mol. The van der Waals surface area contributed by atoms with Crippen LogP contribution in [0.4, 0.5) is 5.69 Å². The van der Waals surface area contributed by atoms with E-state index in [4.69, 9.17) is 9.84 Å². The number of amides is 1. The second-order valence-corrected chi connectivity index (χ2v) is 7.08. The normalized spacial score (nSPS) is 10.6. The Labute approximate surface area is 167 Å². The zero-order valence-electron chi connectivity index (χ0n) is 15.5. The highest BCUT2D eigenvalue weighted by Crippen LogP contribution is 2.25. The summed E-state index contributed by atoms with van der Waals surface area (Å²) in [7, 11) is 1.68. The standard InChI is InChI=1S/C22H21NO4S/c1-27-12-17-4-2-3-5-18(17)16-9-6-15(7-10-16)8-11-21(24)23-20-14-28-13-19(20)22(25)26/h2-7,9-10,13-14H,8,11-12H2,1H3,(H,23,24)(H,25,26). The number of carboxylic acids is 1. The molecule has 5 nitrogen and oxygen atoms in total. The van der Waals surface area contributed by atoms with Crippen molar-refractivity contribution in [3.05, 3.63) is 76.0 Å². The van der Waals surface area contributed by atoms with Crippen LogP contribution in [0.1, 0.15) is 27.9 Å². The lowest BCUT2D eigenvalue weighted by atomic mass is 9.98. The van der Waals surface area contributed by atoms with Gasteiger partial charge in [-0.25, -0.2) is 4.79 Å². The van der Waals surface area contributed by atoms with Crippen molar-refractivity contribution in [3.8, 4) is 11.1 Å². The Hall–Kier alpha value is -2.96. The van der Waals surface area contributed by atoms with Crippen LogP contribution in [-0.2, 0) is 22.6 Å². The third kappa shape index (κ3) is 4.85. The molecule has 3 aromatic rings. The molecule has 0 aliphatic heterocycles. The van der Waals surface area contributed by atoms with Crippen molar-refractivity contribution in [2.24, 2.45) is 0 Å². The van der Waals surface area contributed by atoms with Crippen molar-refractivity contribution in [2.45, 2.75) is 19.4 Å². The predicted octanol–water partition coefficient (Wildman–Crippen LogP) is 4.83. The molecule has 0 spiro atoms. The van der Waals surface area contributed by atoms with Crippen LogP contribution in [0, 0.1) is 0 Å². The lowest BCUT2D eigenvalue weighted by molar-refractivity contribution is -0.116. The fourth-order valence-corrected chi connectivity index (χ4v) is 3.72. The first-order valence-corrected chi connectivity index (χ1v) is 9.78. The number of carbonyl (C=O) groups excluding carboxylic acids is 1. The zero-order valence-corrected chi connectivity index (χ0v) is 16.3. The number of ether oxygens (including phenoxy) is 1.